The fraction of sp³-hybridized carbons (Fsp3) is 0.200. The molecule has 2 aromatic rings. The molecule has 0 saturated heterocycles. The minimum absolute atomic E-state index is 0.183. The Kier molecular flexibility index (Phi) is 7.11. The number of esters is 1. The molecule has 0 spiro atoms. The summed E-state index contributed by atoms with van der Waals surface area (Å²) in [6.07, 6.45) is -0.981. The summed E-state index contributed by atoms with van der Waals surface area (Å²) >= 11 is 0. The van der Waals surface area contributed by atoms with Gasteiger partial charge in [-0.2, -0.15) is 5.26 Å². The Morgan fingerprint density at radius 1 is 1.11 bits per heavy atom. The Morgan fingerprint density at radius 2 is 1.79 bits per heavy atom. The second-order valence-corrected chi connectivity index (χ2v) is 5.58. The Bertz CT molecular complexity index is 902. The van der Waals surface area contributed by atoms with Crippen LogP contribution < -0.4 is 14.8 Å². The first-order chi connectivity index (χ1) is 13.4. The van der Waals surface area contributed by atoms with E-state index in [1.807, 2.05) is 6.07 Å². The van der Waals surface area contributed by atoms with Crippen molar-refractivity contribution in [1.29, 1.82) is 5.26 Å². The van der Waals surface area contributed by atoms with Crippen LogP contribution in [0.15, 0.2) is 48.5 Å². The molecule has 2 aromatic carbocycles. The molecule has 144 valence electrons. The number of ether oxygens (including phenoxy) is 3. The molecule has 1 N–H and O–H groups in total. The van der Waals surface area contributed by atoms with Gasteiger partial charge in [0, 0.05) is 0 Å². The lowest BCUT2D eigenvalue weighted by Crippen LogP contribution is -2.36. The second-order valence-electron chi connectivity index (χ2n) is 5.58. The molecule has 0 saturated carbocycles. The number of nitrogens with zero attached hydrogens (tertiary/aromatic N) is 1. The van der Waals surface area contributed by atoms with Crippen LogP contribution in [0.2, 0.25) is 0 Å². The van der Waals surface area contributed by atoms with Crippen molar-refractivity contribution in [1.82, 2.24) is 5.32 Å². The second kappa shape index (κ2) is 9.73. The quantitative estimate of drug-likeness (QED) is 0.727. The highest BCUT2D eigenvalue weighted by molar-refractivity contribution is 6.06. The van der Waals surface area contributed by atoms with Gasteiger partial charge in [-0.25, -0.2) is 4.79 Å². The number of para-hydroxylation sites is 1. The number of methoxy groups -OCH3 is 1. The van der Waals surface area contributed by atoms with Crippen LogP contribution in [0.25, 0.3) is 0 Å². The van der Waals surface area contributed by atoms with Gasteiger partial charge in [0.2, 0.25) is 0 Å². The van der Waals surface area contributed by atoms with Crippen LogP contribution in [-0.2, 0) is 14.3 Å². The maximum Gasteiger partial charge on any atom is 0.347 e. The molecule has 0 unspecified atom stereocenters. The smallest absolute Gasteiger partial charge is 0.347 e. The van der Waals surface area contributed by atoms with E-state index in [9.17, 15) is 14.4 Å². The van der Waals surface area contributed by atoms with E-state index in [0.717, 1.165) is 0 Å². The highest BCUT2D eigenvalue weighted by Crippen LogP contribution is 2.17. The van der Waals surface area contributed by atoms with E-state index in [2.05, 4.69) is 5.32 Å². The summed E-state index contributed by atoms with van der Waals surface area (Å²) < 4.78 is 15.3. The third kappa shape index (κ3) is 5.57. The number of hydrogen-bond donors (Lipinski definition) is 1. The van der Waals surface area contributed by atoms with Gasteiger partial charge in [-0.1, -0.05) is 12.1 Å². The zero-order valence-corrected chi connectivity index (χ0v) is 15.3. The average Bonchev–Trinajstić information content (AvgIpc) is 2.72. The molecule has 0 heterocycles. The van der Waals surface area contributed by atoms with E-state index in [1.54, 1.807) is 42.5 Å². The first kappa shape index (κ1) is 20.5. The lowest BCUT2D eigenvalue weighted by Gasteiger charge is -2.14. The number of rotatable bonds is 7. The first-order valence-corrected chi connectivity index (χ1v) is 8.25. The monoisotopic (exact) mass is 382 g/mol. The highest BCUT2D eigenvalue weighted by Gasteiger charge is 2.20. The van der Waals surface area contributed by atoms with Gasteiger partial charge in [0.25, 0.3) is 11.8 Å². The van der Waals surface area contributed by atoms with Crippen LogP contribution in [0.3, 0.4) is 0 Å². The Balaban J connectivity index is 1.83. The van der Waals surface area contributed by atoms with Gasteiger partial charge in [0.05, 0.1) is 24.3 Å². The summed E-state index contributed by atoms with van der Waals surface area (Å²) in [7, 11) is 1.41. The lowest BCUT2D eigenvalue weighted by atomic mass is 10.2. The van der Waals surface area contributed by atoms with Crippen molar-refractivity contribution < 1.29 is 28.6 Å². The van der Waals surface area contributed by atoms with Gasteiger partial charge < -0.3 is 14.2 Å². The highest BCUT2D eigenvalue weighted by atomic mass is 16.6. The third-order valence-electron chi connectivity index (χ3n) is 3.58. The molecule has 0 aromatic heterocycles. The van der Waals surface area contributed by atoms with E-state index in [-0.39, 0.29) is 5.56 Å². The SMILES string of the molecule is COc1ccccc1C(=O)NC(=O)COC(=O)[C@H](C)Oc1ccc(C#N)cc1. The molecule has 1 atom stereocenters. The molecule has 0 aliphatic carbocycles. The number of imide groups is 1. The summed E-state index contributed by atoms with van der Waals surface area (Å²) in [5, 5.41) is 10.9. The van der Waals surface area contributed by atoms with Crippen LogP contribution in [0, 0.1) is 11.3 Å². The standard InChI is InChI=1S/C20H18N2O6/c1-13(28-15-9-7-14(11-21)8-10-15)20(25)27-12-18(23)22-19(24)16-5-3-4-6-17(16)26-2/h3-10,13H,12H2,1-2H3,(H,22,23,24)/t13-/m0/s1. The van der Waals surface area contributed by atoms with Gasteiger partial charge in [0.1, 0.15) is 11.5 Å². The zero-order valence-electron chi connectivity index (χ0n) is 15.3. The normalized spacial score (nSPS) is 10.9. The van der Waals surface area contributed by atoms with Crippen molar-refractivity contribution in [2.45, 2.75) is 13.0 Å². The lowest BCUT2D eigenvalue weighted by molar-refractivity contribution is -0.154. The van der Waals surface area contributed by atoms with Crippen molar-refractivity contribution in [3.8, 4) is 17.6 Å². The predicted molar refractivity (Wildman–Crippen MR) is 97.7 cm³/mol. The fourth-order valence-electron chi connectivity index (χ4n) is 2.18. The van der Waals surface area contributed by atoms with E-state index < -0.39 is 30.5 Å². The van der Waals surface area contributed by atoms with Crippen molar-refractivity contribution in [2.75, 3.05) is 13.7 Å². The number of hydrogen-bond acceptors (Lipinski definition) is 7. The Morgan fingerprint density at radius 3 is 2.43 bits per heavy atom. The molecule has 0 radical (unpaired) electrons. The number of carbonyl (C=O) groups excluding carboxylic acids is 3. The number of nitrogens with one attached hydrogen (secondary N) is 1. The zero-order chi connectivity index (χ0) is 20.5. The van der Waals surface area contributed by atoms with Gasteiger partial charge in [-0.3, -0.25) is 14.9 Å². The topological polar surface area (TPSA) is 115 Å². The summed E-state index contributed by atoms with van der Waals surface area (Å²) in [5.74, 6) is -1.53. The van der Waals surface area contributed by atoms with Crippen molar-refractivity contribution in [3.63, 3.8) is 0 Å². The maximum absolute atomic E-state index is 12.1. The summed E-state index contributed by atoms with van der Waals surface area (Å²) in [5.41, 5.74) is 0.640. The molecule has 0 fully saturated rings. The fourth-order valence-corrected chi connectivity index (χ4v) is 2.18. The third-order valence-corrected chi connectivity index (χ3v) is 3.58. The molecule has 8 nitrogen and oxygen atoms in total. The molecule has 0 aliphatic rings. The van der Waals surface area contributed by atoms with E-state index in [4.69, 9.17) is 19.5 Å². The summed E-state index contributed by atoms with van der Waals surface area (Å²) in [4.78, 5) is 35.9. The molecule has 2 amide bonds. The predicted octanol–water partition coefficient (Wildman–Crippen LogP) is 1.83. The van der Waals surface area contributed by atoms with Crippen molar-refractivity contribution >= 4 is 17.8 Å². The van der Waals surface area contributed by atoms with E-state index >= 15 is 0 Å². The number of amides is 2. The molecular weight excluding hydrogens is 364 g/mol. The number of benzene rings is 2. The molecule has 8 heteroatoms. The van der Waals surface area contributed by atoms with E-state index in [1.165, 1.54) is 20.1 Å². The van der Waals surface area contributed by atoms with Crippen LogP contribution in [0.1, 0.15) is 22.8 Å². The molecule has 28 heavy (non-hydrogen) atoms. The average molecular weight is 382 g/mol. The number of carbonyl (C=O) groups is 3. The van der Waals surface area contributed by atoms with Crippen LogP contribution in [0.5, 0.6) is 11.5 Å². The van der Waals surface area contributed by atoms with E-state index in [0.29, 0.717) is 17.1 Å². The summed E-state index contributed by atoms with van der Waals surface area (Å²) in [6, 6.07) is 14.6. The largest absolute Gasteiger partial charge is 0.496 e. The molecule has 0 aliphatic heterocycles. The molecular formula is C20H18N2O6. The van der Waals surface area contributed by atoms with Gasteiger partial charge in [-0.05, 0) is 43.3 Å². The Labute approximate surface area is 161 Å². The summed E-state index contributed by atoms with van der Waals surface area (Å²) in [6.45, 7) is 0.819. The molecule has 0 bridgehead atoms. The van der Waals surface area contributed by atoms with Crippen LogP contribution in [0.4, 0.5) is 0 Å². The molecule has 2 rings (SSSR count). The van der Waals surface area contributed by atoms with Crippen LogP contribution >= 0.6 is 0 Å². The number of nitriles is 1. The maximum atomic E-state index is 12.1. The van der Waals surface area contributed by atoms with Gasteiger partial charge >= 0.3 is 5.97 Å². The van der Waals surface area contributed by atoms with Gasteiger partial charge in [0.15, 0.2) is 12.7 Å². The van der Waals surface area contributed by atoms with Crippen molar-refractivity contribution in [2.24, 2.45) is 0 Å². The van der Waals surface area contributed by atoms with Crippen LogP contribution in [-0.4, -0.2) is 37.6 Å². The Hall–Kier alpha value is -3.86. The minimum atomic E-state index is -0.981. The van der Waals surface area contributed by atoms with Gasteiger partial charge in [-0.15, -0.1) is 0 Å². The van der Waals surface area contributed by atoms with Crippen molar-refractivity contribution in [3.05, 3.63) is 59.7 Å². The minimum Gasteiger partial charge on any atom is -0.496 e. The first-order valence-electron chi connectivity index (χ1n) is 8.25.